The van der Waals surface area contributed by atoms with E-state index in [4.69, 9.17) is 4.74 Å². The van der Waals surface area contributed by atoms with Gasteiger partial charge in [0.05, 0.1) is 0 Å². The second-order valence-electron chi connectivity index (χ2n) is 7.82. The highest BCUT2D eigenvalue weighted by atomic mass is 16.6. The summed E-state index contributed by atoms with van der Waals surface area (Å²) in [6.45, 7) is 8.53. The van der Waals surface area contributed by atoms with Gasteiger partial charge in [0.2, 0.25) is 0 Å². The second kappa shape index (κ2) is 6.52. The van der Waals surface area contributed by atoms with Gasteiger partial charge >= 0.3 is 6.09 Å². The van der Waals surface area contributed by atoms with E-state index in [0.29, 0.717) is 18.4 Å². The zero-order valence-corrected chi connectivity index (χ0v) is 14.4. The van der Waals surface area contributed by atoms with E-state index in [2.05, 4.69) is 17.4 Å². The van der Waals surface area contributed by atoms with E-state index >= 15 is 0 Å². The molecule has 1 aromatic rings. The van der Waals surface area contributed by atoms with Crippen molar-refractivity contribution >= 4 is 6.09 Å². The summed E-state index contributed by atoms with van der Waals surface area (Å²) < 4.78 is 5.70. The molecule has 1 saturated heterocycles. The molecular formula is C19H28N2O2. The zero-order valence-electron chi connectivity index (χ0n) is 14.4. The second-order valence-corrected chi connectivity index (χ2v) is 7.82. The van der Waals surface area contributed by atoms with Gasteiger partial charge < -0.3 is 15.0 Å². The Kier molecular flexibility index (Phi) is 4.62. The minimum absolute atomic E-state index is 0.182. The van der Waals surface area contributed by atoms with Gasteiger partial charge in [0.15, 0.2) is 0 Å². The third kappa shape index (κ3) is 3.86. The van der Waals surface area contributed by atoms with Crippen molar-refractivity contribution in [3.05, 3.63) is 35.9 Å². The Balaban J connectivity index is 1.79. The van der Waals surface area contributed by atoms with Crippen LogP contribution in [0.15, 0.2) is 30.3 Å². The molecule has 23 heavy (non-hydrogen) atoms. The molecule has 126 valence electrons. The first-order chi connectivity index (χ1) is 10.9. The number of carbonyl (C=O) groups excluding carboxylic acids is 1. The van der Waals surface area contributed by atoms with Gasteiger partial charge in [-0.25, -0.2) is 4.79 Å². The Morgan fingerprint density at radius 3 is 2.65 bits per heavy atom. The van der Waals surface area contributed by atoms with E-state index < -0.39 is 5.60 Å². The molecule has 2 aliphatic rings. The van der Waals surface area contributed by atoms with Gasteiger partial charge in [-0.05, 0) is 57.6 Å². The van der Waals surface area contributed by atoms with Crippen molar-refractivity contribution < 1.29 is 9.53 Å². The van der Waals surface area contributed by atoms with Crippen LogP contribution in [0, 0.1) is 11.8 Å². The maximum Gasteiger partial charge on any atom is 0.410 e. The average molecular weight is 316 g/mol. The molecule has 1 aliphatic heterocycles. The standard InChI is InChI=1S/C19H28N2O2/c1-19(2,3)23-18(22)21(13-14-7-5-4-6-8-14)17-10-9-15-11-20-12-16(15)17/h4-8,15-17,20H,9-13H2,1-3H3. The summed E-state index contributed by atoms with van der Waals surface area (Å²) >= 11 is 0. The molecule has 1 aromatic carbocycles. The first-order valence-corrected chi connectivity index (χ1v) is 8.68. The van der Waals surface area contributed by atoms with Gasteiger partial charge in [0.1, 0.15) is 5.60 Å². The van der Waals surface area contributed by atoms with E-state index in [9.17, 15) is 4.79 Å². The van der Waals surface area contributed by atoms with E-state index in [1.54, 1.807) is 0 Å². The van der Waals surface area contributed by atoms with Gasteiger partial charge in [0.25, 0.3) is 0 Å². The summed E-state index contributed by atoms with van der Waals surface area (Å²) in [5, 5.41) is 3.48. The largest absolute Gasteiger partial charge is 0.444 e. The number of benzene rings is 1. The van der Waals surface area contributed by atoms with Crippen LogP contribution in [0.4, 0.5) is 4.79 Å². The quantitative estimate of drug-likeness (QED) is 0.929. The number of carbonyl (C=O) groups is 1. The van der Waals surface area contributed by atoms with Crippen LogP contribution in [0.2, 0.25) is 0 Å². The molecule has 4 heteroatoms. The summed E-state index contributed by atoms with van der Waals surface area (Å²) in [6, 6.07) is 10.5. The molecule has 0 radical (unpaired) electrons. The van der Waals surface area contributed by atoms with Gasteiger partial charge in [-0.1, -0.05) is 30.3 Å². The third-order valence-corrected chi connectivity index (χ3v) is 4.94. The number of hydrogen-bond donors (Lipinski definition) is 1. The van der Waals surface area contributed by atoms with Crippen molar-refractivity contribution in [2.45, 2.75) is 51.8 Å². The molecule has 0 bridgehead atoms. The summed E-state index contributed by atoms with van der Waals surface area (Å²) in [5.41, 5.74) is 0.700. The summed E-state index contributed by atoms with van der Waals surface area (Å²) in [6.07, 6.45) is 2.11. The topological polar surface area (TPSA) is 41.6 Å². The van der Waals surface area contributed by atoms with Crippen molar-refractivity contribution in [2.75, 3.05) is 13.1 Å². The smallest absolute Gasteiger partial charge is 0.410 e. The van der Waals surface area contributed by atoms with E-state index in [1.165, 1.54) is 6.42 Å². The Bertz CT molecular complexity index is 538. The normalized spacial score (nSPS) is 26.8. The van der Waals surface area contributed by atoms with Gasteiger partial charge in [-0.3, -0.25) is 0 Å². The molecule has 0 aromatic heterocycles. The molecule has 1 N–H and O–H groups in total. The zero-order chi connectivity index (χ0) is 16.4. The lowest BCUT2D eigenvalue weighted by Crippen LogP contribution is -2.45. The van der Waals surface area contributed by atoms with Crippen LogP contribution in [0.1, 0.15) is 39.2 Å². The number of amides is 1. The number of nitrogens with one attached hydrogen (secondary N) is 1. The van der Waals surface area contributed by atoms with Crippen molar-refractivity contribution in [3.63, 3.8) is 0 Å². The molecule has 0 spiro atoms. The molecule has 1 saturated carbocycles. The first kappa shape index (κ1) is 16.3. The summed E-state index contributed by atoms with van der Waals surface area (Å²) in [7, 11) is 0. The maximum absolute atomic E-state index is 12.8. The monoisotopic (exact) mass is 316 g/mol. The molecule has 2 fully saturated rings. The molecule has 4 nitrogen and oxygen atoms in total. The third-order valence-electron chi connectivity index (χ3n) is 4.94. The number of rotatable bonds is 3. The van der Waals surface area contributed by atoms with Crippen molar-refractivity contribution in [2.24, 2.45) is 11.8 Å². The number of hydrogen-bond acceptors (Lipinski definition) is 3. The molecular weight excluding hydrogens is 288 g/mol. The van der Waals surface area contributed by atoms with Crippen LogP contribution in [0.3, 0.4) is 0 Å². The van der Waals surface area contributed by atoms with E-state index in [1.807, 2.05) is 43.9 Å². The average Bonchev–Trinajstić information content (AvgIpc) is 3.07. The lowest BCUT2D eigenvalue weighted by atomic mass is 9.96. The summed E-state index contributed by atoms with van der Waals surface area (Å²) in [4.78, 5) is 14.8. The van der Waals surface area contributed by atoms with Gasteiger partial charge in [-0.2, -0.15) is 0 Å². The molecule has 3 unspecified atom stereocenters. The molecule has 1 amide bonds. The highest BCUT2D eigenvalue weighted by Gasteiger charge is 2.44. The Morgan fingerprint density at radius 1 is 1.22 bits per heavy atom. The van der Waals surface area contributed by atoms with Crippen molar-refractivity contribution in [1.29, 1.82) is 0 Å². The lowest BCUT2D eigenvalue weighted by Gasteiger charge is -2.34. The Morgan fingerprint density at radius 2 is 1.96 bits per heavy atom. The first-order valence-electron chi connectivity index (χ1n) is 8.68. The molecule has 1 heterocycles. The van der Waals surface area contributed by atoms with Crippen molar-refractivity contribution in [3.8, 4) is 0 Å². The van der Waals surface area contributed by atoms with E-state index in [0.717, 1.165) is 25.1 Å². The number of ether oxygens (including phenoxy) is 1. The predicted octanol–water partition coefficient (Wildman–Crippen LogP) is 3.42. The van der Waals surface area contributed by atoms with Crippen LogP contribution in [0.5, 0.6) is 0 Å². The number of nitrogens with zero attached hydrogens (tertiary/aromatic N) is 1. The fourth-order valence-electron chi connectivity index (χ4n) is 3.92. The minimum Gasteiger partial charge on any atom is -0.444 e. The highest BCUT2D eigenvalue weighted by molar-refractivity contribution is 5.68. The molecule has 1 aliphatic carbocycles. The number of fused-ring (bicyclic) bond motifs is 1. The molecule has 3 rings (SSSR count). The van der Waals surface area contributed by atoms with Crippen LogP contribution >= 0.6 is 0 Å². The van der Waals surface area contributed by atoms with Crippen molar-refractivity contribution in [1.82, 2.24) is 10.2 Å². The van der Waals surface area contributed by atoms with Gasteiger partial charge in [0, 0.05) is 19.1 Å². The van der Waals surface area contributed by atoms with Gasteiger partial charge in [-0.15, -0.1) is 0 Å². The van der Waals surface area contributed by atoms with Crippen LogP contribution in [-0.2, 0) is 11.3 Å². The van der Waals surface area contributed by atoms with E-state index in [-0.39, 0.29) is 12.1 Å². The Labute approximate surface area is 139 Å². The highest BCUT2D eigenvalue weighted by Crippen LogP contribution is 2.38. The fraction of sp³-hybridized carbons (Fsp3) is 0.632. The molecule has 3 atom stereocenters. The minimum atomic E-state index is -0.460. The summed E-state index contributed by atoms with van der Waals surface area (Å²) in [5.74, 6) is 1.27. The van der Waals surface area contributed by atoms with Crippen LogP contribution < -0.4 is 5.32 Å². The Hall–Kier alpha value is -1.55. The maximum atomic E-state index is 12.8. The van der Waals surface area contributed by atoms with Crippen LogP contribution in [-0.4, -0.2) is 35.7 Å². The van der Waals surface area contributed by atoms with Crippen LogP contribution in [0.25, 0.3) is 0 Å². The lowest BCUT2D eigenvalue weighted by molar-refractivity contribution is 0.00975. The SMILES string of the molecule is CC(C)(C)OC(=O)N(Cc1ccccc1)C1CCC2CNCC21. The predicted molar refractivity (Wildman–Crippen MR) is 91.1 cm³/mol. The fourth-order valence-corrected chi connectivity index (χ4v) is 3.92.